The molecular weight excluding hydrogens is 589 g/mol. The molecule has 0 fully saturated rings. The van der Waals surface area contributed by atoms with E-state index in [4.69, 9.17) is 14.8 Å². The molecule has 44 heavy (non-hydrogen) atoms. The molecule has 0 aliphatic carbocycles. The summed E-state index contributed by atoms with van der Waals surface area (Å²) in [6.45, 7) is 10.7. The van der Waals surface area contributed by atoms with Gasteiger partial charge in [0.2, 0.25) is 0 Å². The summed E-state index contributed by atoms with van der Waals surface area (Å²) in [6.07, 6.45) is 5.18. The summed E-state index contributed by atoms with van der Waals surface area (Å²) in [7, 11) is 3.49. The number of pyridine rings is 1. The first kappa shape index (κ1) is 32.6. The summed E-state index contributed by atoms with van der Waals surface area (Å²) in [5.41, 5.74) is 4.58. The number of hydrogen-bond acceptors (Lipinski definition) is 7. The lowest BCUT2D eigenvalue weighted by atomic mass is 10.0. The van der Waals surface area contributed by atoms with Gasteiger partial charge in [0.25, 0.3) is 0 Å². The van der Waals surface area contributed by atoms with Gasteiger partial charge in [-0.15, -0.1) is 11.3 Å². The molecule has 12 heteroatoms. The van der Waals surface area contributed by atoms with Crippen LogP contribution in [-0.4, -0.2) is 51.4 Å². The van der Waals surface area contributed by atoms with Crippen LogP contribution in [0.1, 0.15) is 25.1 Å². The SMILES string of the molecule is C=COCCOC.CC.Cn1ncc2cc(-c3nc(-c4cc5n(n4)CCNC5)c(C=C(F)/C=C/F)c4cc(F)sc34)ccc21. The number of methoxy groups -OCH3 is 1. The van der Waals surface area contributed by atoms with E-state index in [1.165, 1.54) is 18.4 Å². The molecule has 1 N–H and O–H groups in total. The third kappa shape index (κ3) is 7.26. The van der Waals surface area contributed by atoms with Crippen molar-refractivity contribution in [2.45, 2.75) is 26.9 Å². The Morgan fingerprint density at radius 1 is 1.18 bits per heavy atom. The van der Waals surface area contributed by atoms with Crippen LogP contribution in [0.4, 0.5) is 13.2 Å². The van der Waals surface area contributed by atoms with Crippen molar-refractivity contribution in [3.63, 3.8) is 0 Å². The van der Waals surface area contributed by atoms with E-state index < -0.39 is 11.0 Å². The minimum Gasteiger partial charge on any atom is -0.499 e. The molecule has 0 spiro atoms. The molecule has 5 heterocycles. The van der Waals surface area contributed by atoms with Gasteiger partial charge in [0.15, 0.2) is 5.13 Å². The first-order valence-electron chi connectivity index (χ1n) is 14.1. The average molecular weight is 625 g/mol. The van der Waals surface area contributed by atoms with E-state index >= 15 is 0 Å². The quantitative estimate of drug-likeness (QED) is 0.109. The van der Waals surface area contributed by atoms with Gasteiger partial charge in [0.1, 0.15) is 18.1 Å². The van der Waals surface area contributed by atoms with Crippen LogP contribution in [-0.2, 0) is 29.6 Å². The zero-order valence-corrected chi connectivity index (χ0v) is 25.9. The normalized spacial score (nSPS) is 12.9. The number of aromatic nitrogens is 5. The molecule has 0 saturated heterocycles. The van der Waals surface area contributed by atoms with Crippen LogP contribution in [0.15, 0.2) is 67.6 Å². The highest BCUT2D eigenvalue weighted by atomic mass is 32.1. The molecule has 232 valence electrons. The summed E-state index contributed by atoms with van der Waals surface area (Å²) in [6, 6.07) is 9.08. The number of benzene rings is 1. The van der Waals surface area contributed by atoms with Crippen molar-refractivity contribution in [1.82, 2.24) is 29.9 Å². The van der Waals surface area contributed by atoms with Crippen molar-refractivity contribution < 1.29 is 22.6 Å². The standard InChI is InChI=1S/C25H19F3N6S.C5H10O2.C2H6/c1-33-21-3-2-14(8-15(21)12-30-33)23-25-19(11-22(28)35-25)18(9-16(27)4-5-26)24(31-23)20-10-17-13-29-6-7-34(17)32-20;1-3-7-5-4-6-2;1-2/h2-5,8-12,29H,6-7,13H2,1H3;3H,1,4-5H2,2H3;1-2H3/b5-4+,16-9?;;. The molecule has 0 atom stereocenters. The first-order valence-corrected chi connectivity index (χ1v) is 14.9. The van der Waals surface area contributed by atoms with Crippen LogP contribution in [0.3, 0.4) is 0 Å². The van der Waals surface area contributed by atoms with Gasteiger partial charge < -0.3 is 14.8 Å². The maximum Gasteiger partial charge on any atom is 0.177 e. The Kier molecular flexibility index (Phi) is 11.5. The second-order valence-electron chi connectivity index (χ2n) is 9.33. The van der Waals surface area contributed by atoms with Crippen LogP contribution in [0.25, 0.3) is 49.7 Å². The lowest BCUT2D eigenvalue weighted by Gasteiger charge is -2.13. The van der Waals surface area contributed by atoms with Crippen LogP contribution >= 0.6 is 11.3 Å². The van der Waals surface area contributed by atoms with Crippen molar-refractivity contribution in [3.05, 3.63) is 84.0 Å². The number of nitrogens with zero attached hydrogens (tertiary/aromatic N) is 5. The van der Waals surface area contributed by atoms with Crippen molar-refractivity contribution in [2.24, 2.45) is 7.05 Å². The second-order valence-corrected chi connectivity index (χ2v) is 10.3. The van der Waals surface area contributed by atoms with Gasteiger partial charge in [-0.05, 0) is 30.3 Å². The van der Waals surface area contributed by atoms with Crippen molar-refractivity contribution in [2.75, 3.05) is 26.9 Å². The lowest BCUT2D eigenvalue weighted by molar-refractivity contribution is 0.124. The van der Waals surface area contributed by atoms with Gasteiger partial charge in [-0.1, -0.05) is 26.5 Å². The fourth-order valence-corrected chi connectivity index (χ4v) is 5.62. The molecule has 0 radical (unpaired) electrons. The summed E-state index contributed by atoms with van der Waals surface area (Å²) >= 11 is 0.941. The van der Waals surface area contributed by atoms with Gasteiger partial charge in [0.05, 0.1) is 59.2 Å². The monoisotopic (exact) mass is 624 g/mol. The number of halogens is 3. The fraction of sp³-hybridized carbons (Fsp3) is 0.281. The lowest BCUT2D eigenvalue weighted by Crippen LogP contribution is -2.28. The van der Waals surface area contributed by atoms with E-state index in [1.807, 2.05) is 49.8 Å². The largest absolute Gasteiger partial charge is 0.499 e. The van der Waals surface area contributed by atoms with Crippen LogP contribution in [0.2, 0.25) is 0 Å². The first-order chi connectivity index (χ1) is 21.4. The molecule has 0 bridgehead atoms. The summed E-state index contributed by atoms with van der Waals surface area (Å²) in [4.78, 5) is 4.92. The van der Waals surface area contributed by atoms with Gasteiger partial charge in [-0.2, -0.15) is 14.6 Å². The van der Waals surface area contributed by atoms with E-state index in [1.54, 1.807) is 18.0 Å². The molecule has 0 amide bonds. The van der Waals surface area contributed by atoms with Crippen LogP contribution < -0.4 is 5.32 Å². The van der Waals surface area contributed by atoms with E-state index in [0.29, 0.717) is 65.1 Å². The molecule has 8 nitrogen and oxygen atoms in total. The predicted octanol–water partition coefficient (Wildman–Crippen LogP) is 7.57. The Labute approximate surface area is 258 Å². The molecule has 6 rings (SSSR count). The van der Waals surface area contributed by atoms with Gasteiger partial charge in [0, 0.05) is 55.2 Å². The smallest absolute Gasteiger partial charge is 0.177 e. The molecule has 1 aliphatic rings. The predicted molar refractivity (Wildman–Crippen MR) is 171 cm³/mol. The number of nitrogens with one attached hydrogen (secondary N) is 1. The topological polar surface area (TPSA) is 79.0 Å². The Balaban J connectivity index is 0.000000435. The zero-order chi connectivity index (χ0) is 31.6. The summed E-state index contributed by atoms with van der Waals surface area (Å²) in [5.74, 6) is -0.807. The molecule has 1 aliphatic heterocycles. The van der Waals surface area contributed by atoms with E-state index in [0.717, 1.165) is 40.0 Å². The third-order valence-electron chi connectivity index (χ3n) is 6.65. The highest BCUT2D eigenvalue weighted by Crippen LogP contribution is 2.41. The molecule has 0 saturated carbocycles. The minimum absolute atomic E-state index is 0.128. The van der Waals surface area contributed by atoms with Crippen molar-refractivity contribution in [1.29, 1.82) is 0 Å². The number of ether oxygens (including phenoxy) is 2. The Morgan fingerprint density at radius 2 is 2.00 bits per heavy atom. The van der Waals surface area contributed by atoms with E-state index in [-0.39, 0.29) is 6.33 Å². The highest BCUT2D eigenvalue weighted by Gasteiger charge is 2.22. The number of rotatable bonds is 8. The van der Waals surface area contributed by atoms with Crippen LogP contribution in [0, 0.1) is 5.13 Å². The molecule has 0 unspecified atom stereocenters. The Morgan fingerprint density at radius 3 is 2.73 bits per heavy atom. The second kappa shape index (κ2) is 15.5. The van der Waals surface area contributed by atoms with E-state index in [9.17, 15) is 13.2 Å². The van der Waals surface area contributed by atoms with Gasteiger partial charge in [-0.25, -0.2) is 13.8 Å². The molecule has 4 aromatic heterocycles. The Hall–Kier alpha value is -4.26. The minimum atomic E-state index is -0.807. The number of allylic oxidation sites excluding steroid dienone is 2. The fourth-order valence-electron chi connectivity index (χ4n) is 4.70. The summed E-state index contributed by atoms with van der Waals surface area (Å²) < 4.78 is 55.4. The van der Waals surface area contributed by atoms with Crippen molar-refractivity contribution >= 4 is 38.4 Å². The van der Waals surface area contributed by atoms with Gasteiger partial charge in [-0.3, -0.25) is 9.36 Å². The molecule has 1 aromatic carbocycles. The summed E-state index contributed by atoms with van der Waals surface area (Å²) in [5, 5.41) is 13.3. The number of hydrogen-bond donors (Lipinski definition) is 1. The maximum atomic E-state index is 14.6. The van der Waals surface area contributed by atoms with Crippen LogP contribution in [0.5, 0.6) is 0 Å². The third-order valence-corrected chi connectivity index (χ3v) is 7.58. The number of fused-ring (bicyclic) bond motifs is 3. The number of thiophene rings is 1. The van der Waals surface area contributed by atoms with E-state index in [2.05, 4.69) is 21.7 Å². The zero-order valence-electron chi connectivity index (χ0n) is 25.1. The maximum absolute atomic E-state index is 14.6. The van der Waals surface area contributed by atoms with Gasteiger partial charge >= 0.3 is 0 Å². The van der Waals surface area contributed by atoms with Crippen molar-refractivity contribution in [3.8, 4) is 22.6 Å². The molecular formula is C32H35F3N6O2S. The number of aryl methyl sites for hydroxylation is 1. The highest BCUT2D eigenvalue weighted by molar-refractivity contribution is 7.18. The Bertz CT molecular complexity index is 1770. The molecule has 5 aromatic rings. The average Bonchev–Trinajstić information content (AvgIpc) is 3.75.